The van der Waals surface area contributed by atoms with E-state index in [9.17, 15) is 4.79 Å². The van der Waals surface area contributed by atoms with Gasteiger partial charge in [0.05, 0.1) is 7.11 Å². The molecule has 0 saturated carbocycles. The van der Waals surface area contributed by atoms with Crippen LogP contribution in [0.15, 0.2) is 22.7 Å². The molecule has 1 N–H and O–H groups in total. The summed E-state index contributed by atoms with van der Waals surface area (Å²) in [5, 5.41) is 3.18. The number of benzene rings is 1. The van der Waals surface area contributed by atoms with Gasteiger partial charge in [0.2, 0.25) is 5.91 Å². The molecule has 1 saturated heterocycles. The van der Waals surface area contributed by atoms with Crippen LogP contribution in [0.25, 0.3) is 0 Å². The first-order valence-corrected chi connectivity index (χ1v) is 7.39. The van der Waals surface area contributed by atoms with Crippen LogP contribution >= 0.6 is 15.9 Å². The average molecular weight is 326 g/mol. The molecule has 19 heavy (non-hydrogen) atoms. The second-order valence-electron chi connectivity index (χ2n) is 5.49. The number of nitrogens with one attached hydrogen (secondary N) is 1. The first-order valence-electron chi connectivity index (χ1n) is 6.60. The van der Waals surface area contributed by atoms with E-state index in [-0.39, 0.29) is 11.4 Å². The molecular weight excluding hydrogens is 306 g/mol. The van der Waals surface area contributed by atoms with Crippen LogP contribution in [-0.2, 0) is 11.2 Å². The molecule has 4 heteroatoms. The smallest absolute Gasteiger partial charge is 0.220 e. The molecule has 0 aliphatic carbocycles. The number of halogens is 1. The molecule has 1 aromatic rings. The Bertz CT molecular complexity index is 487. The van der Waals surface area contributed by atoms with Crippen molar-refractivity contribution in [3.05, 3.63) is 28.2 Å². The van der Waals surface area contributed by atoms with Gasteiger partial charge in [-0.3, -0.25) is 4.79 Å². The zero-order valence-electron chi connectivity index (χ0n) is 11.6. The minimum absolute atomic E-state index is 0.133. The van der Waals surface area contributed by atoms with Gasteiger partial charge in [0.25, 0.3) is 0 Å². The minimum atomic E-state index is -0.133. The van der Waals surface area contributed by atoms with Crippen molar-refractivity contribution in [1.82, 2.24) is 5.32 Å². The SMILES string of the molecule is COc1ccc(Br)c(CC2(C(C)C)CCC(=O)N2)c1. The quantitative estimate of drug-likeness (QED) is 0.922. The number of ether oxygens (including phenoxy) is 1. The number of hydrogen-bond donors (Lipinski definition) is 1. The fraction of sp³-hybridized carbons (Fsp3) is 0.533. The van der Waals surface area contributed by atoms with Crippen LogP contribution in [0, 0.1) is 5.92 Å². The Morgan fingerprint density at radius 1 is 1.47 bits per heavy atom. The molecule has 1 amide bonds. The highest BCUT2D eigenvalue weighted by Gasteiger charge is 2.40. The highest BCUT2D eigenvalue weighted by atomic mass is 79.9. The Morgan fingerprint density at radius 3 is 2.74 bits per heavy atom. The maximum absolute atomic E-state index is 11.6. The van der Waals surface area contributed by atoms with Crippen LogP contribution in [0.4, 0.5) is 0 Å². The summed E-state index contributed by atoms with van der Waals surface area (Å²) in [6.45, 7) is 4.33. The fourth-order valence-corrected chi connectivity index (χ4v) is 3.05. The van der Waals surface area contributed by atoms with Crippen molar-refractivity contribution in [3.8, 4) is 5.75 Å². The average Bonchev–Trinajstić information content (AvgIpc) is 2.75. The van der Waals surface area contributed by atoms with E-state index in [1.165, 1.54) is 5.56 Å². The molecule has 0 spiro atoms. The Labute approximate surface area is 122 Å². The van der Waals surface area contributed by atoms with Crippen molar-refractivity contribution in [2.24, 2.45) is 5.92 Å². The molecule has 1 aliphatic heterocycles. The molecule has 1 aromatic carbocycles. The highest BCUT2D eigenvalue weighted by Crippen LogP contribution is 2.35. The summed E-state index contributed by atoms with van der Waals surface area (Å²) in [5.74, 6) is 1.41. The second kappa shape index (κ2) is 5.53. The molecule has 2 rings (SSSR count). The van der Waals surface area contributed by atoms with Gasteiger partial charge in [-0.15, -0.1) is 0 Å². The predicted octanol–water partition coefficient (Wildman–Crippen LogP) is 3.31. The van der Waals surface area contributed by atoms with Gasteiger partial charge >= 0.3 is 0 Å². The van der Waals surface area contributed by atoms with Gasteiger partial charge in [0.15, 0.2) is 0 Å². The lowest BCUT2D eigenvalue weighted by Gasteiger charge is -2.34. The lowest BCUT2D eigenvalue weighted by Crippen LogP contribution is -2.48. The van der Waals surface area contributed by atoms with E-state index in [0.717, 1.165) is 23.1 Å². The molecule has 1 heterocycles. The summed E-state index contributed by atoms with van der Waals surface area (Å²) in [6, 6.07) is 5.97. The molecule has 0 bridgehead atoms. The highest BCUT2D eigenvalue weighted by molar-refractivity contribution is 9.10. The van der Waals surface area contributed by atoms with Crippen LogP contribution in [-0.4, -0.2) is 18.6 Å². The molecule has 1 atom stereocenters. The van der Waals surface area contributed by atoms with Crippen LogP contribution in [0.3, 0.4) is 0 Å². The molecule has 0 aromatic heterocycles. The summed E-state index contributed by atoms with van der Waals surface area (Å²) in [4.78, 5) is 11.6. The summed E-state index contributed by atoms with van der Waals surface area (Å²) in [6.07, 6.45) is 2.35. The van der Waals surface area contributed by atoms with Gasteiger partial charge in [-0.2, -0.15) is 0 Å². The van der Waals surface area contributed by atoms with Gasteiger partial charge in [0.1, 0.15) is 5.75 Å². The molecule has 1 aliphatic rings. The Kier molecular flexibility index (Phi) is 4.19. The van der Waals surface area contributed by atoms with Gasteiger partial charge in [-0.05, 0) is 42.5 Å². The zero-order chi connectivity index (χ0) is 14.0. The van der Waals surface area contributed by atoms with Crippen molar-refractivity contribution in [2.75, 3.05) is 7.11 Å². The Morgan fingerprint density at radius 2 is 2.21 bits per heavy atom. The maximum Gasteiger partial charge on any atom is 0.220 e. The third kappa shape index (κ3) is 2.94. The van der Waals surface area contributed by atoms with Crippen molar-refractivity contribution in [1.29, 1.82) is 0 Å². The number of carbonyl (C=O) groups is 1. The van der Waals surface area contributed by atoms with E-state index in [2.05, 4.69) is 35.1 Å². The zero-order valence-corrected chi connectivity index (χ0v) is 13.2. The number of hydrogen-bond acceptors (Lipinski definition) is 2. The number of carbonyl (C=O) groups excluding carboxylic acids is 1. The van der Waals surface area contributed by atoms with Crippen molar-refractivity contribution < 1.29 is 9.53 Å². The molecular formula is C15H20BrNO2. The van der Waals surface area contributed by atoms with Crippen molar-refractivity contribution >= 4 is 21.8 Å². The van der Waals surface area contributed by atoms with Crippen LogP contribution in [0.2, 0.25) is 0 Å². The lowest BCUT2D eigenvalue weighted by atomic mass is 9.80. The van der Waals surface area contributed by atoms with E-state index in [1.54, 1.807) is 7.11 Å². The second-order valence-corrected chi connectivity index (χ2v) is 6.35. The largest absolute Gasteiger partial charge is 0.497 e. The van der Waals surface area contributed by atoms with Crippen LogP contribution < -0.4 is 10.1 Å². The summed E-state index contributed by atoms with van der Waals surface area (Å²) in [7, 11) is 1.67. The number of methoxy groups -OCH3 is 1. The Balaban J connectivity index is 2.30. The molecule has 1 unspecified atom stereocenters. The van der Waals surface area contributed by atoms with Gasteiger partial charge in [0, 0.05) is 16.4 Å². The first kappa shape index (κ1) is 14.4. The van der Waals surface area contributed by atoms with E-state index < -0.39 is 0 Å². The summed E-state index contributed by atoms with van der Waals surface area (Å²) < 4.78 is 6.34. The molecule has 3 nitrogen and oxygen atoms in total. The lowest BCUT2D eigenvalue weighted by molar-refractivity contribution is -0.120. The molecule has 1 fully saturated rings. The summed E-state index contributed by atoms with van der Waals surface area (Å²) >= 11 is 3.59. The van der Waals surface area contributed by atoms with Crippen LogP contribution in [0.5, 0.6) is 5.75 Å². The van der Waals surface area contributed by atoms with Gasteiger partial charge in [-0.25, -0.2) is 0 Å². The van der Waals surface area contributed by atoms with Gasteiger partial charge < -0.3 is 10.1 Å². The van der Waals surface area contributed by atoms with E-state index in [0.29, 0.717) is 12.3 Å². The maximum atomic E-state index is 11.6. The van der Waals surface area contributed by atoms with Gasteiger partial charge in [-0.1, -0.05) is 29.8 Å². The van der Waals surface area contributed by atoms with Crippen LogP contribution in [0.1, 0.15) is 32.3 Å². The normalized spacial score (nSPS) is 22.7. The van der Waals surface area contributed by atoms with Crippen molar-refractivity contribution in [3.63, 3.8) is 0 Å². The first-order chi connectivity index (χ1) is 8.97. The Hall–Kier alpha value is -1.03. The fourth-order valence-electron chi connectivity index (χ4n) is 2.66. The monoisotopic (exact) mass is 325 g/mol. The molecule has 0 radical (unpaired) electrons. The summed E-state index contributed by atoms with van der Waals surface area (Å²) in [5.41, 5.74) is 1.04. The molecule has 104 valence electrons. The number of rotatable bonds is 4. The van der Waals surface area contributed by atoms with E-state index in [4.69, 9.17) is 4.74 Å². The number of amides is 1. The predicted molar refractivity (Wildman–Crippen MR) is 79.3 cm³/mol. The minimum Gasteiger partial charge on any atom is -0.497 e. The standard InChI is InChI=1S/C15H20BrNO2/c1-10(2)15(7-6-14(18)17-15)9-11-8-12(19-3)4-5-13(11)16/h4-5,8,10H,6-7,9H2,1-3H3,(H,17,18). The van der Waals surface area contributed by atoms with E-state index in [1.807, 2.05) is 18.2 Å². The van der Waals surface area contributed by atoms with E-state index >= 15 is 0 Å². The topological polar surface area (TPSA) is 38.3 Å². The third-order valence-corrected chi connectivity index (χ3v) is 4.82. The van der Waals surface area contributed by atoms with Crippen molar-refractivity contribution in [2.45, 2.75) is 38.6 Å². The third-order valence-electron chi connectivity index (χ3n) is 4.05.